The number of hydroxylamine groups is 2. The maximum absolute atomic E-state index is 11.6. The van der Waals surface area contributed by atoms with Gasteiger partial charge in [-0.1, -0.05) is 0 Å². The Balaban J connectivity index is 2.05. The van der Waals surface area contributed by atoms with Crippen LogP contribution in [0.5, 0.6) is 0 Å². The van der Waals surface area contributed by atoms with Crippen molar-refractivity contribution in [3.05, 3.63) is 70.6 Å². The zero-order valence-corrected chi connectivity index (χ0v) is 10.1. The topological polar surface area (TPSA) is 77.9 Å². The van der Waals surface area contributed by atoms with Gasteiger partial charge in [-0.15, -0.1) is 9.48 Å². The van der Waals surface area contributed by atoms with Crippen molar-refractivity contribution in [2.45, 2.75) is 0 Å². The minimum Gasteiger partial charge on any atom is -0.619 e. The number of hydrogen-bond donors (Lipinski definition) is 0. The molecular weight excluding hydrogens is 244 g/mol. The Labute approximate surface area is 110 Å². The lowest BCUT2D eigenvalue weighted by molar-refractivity contribution is -0.664. The molecule has 0 fully saturated rings. The number of rotatable bonds is 4. The van der Waals surface area contributed by atoms with Crippen LogP contribution in [-0.4, -0.2) is 38.5 Å². The lowest BCUT2D eigenvalue weighted by Crippen LogP contribution is -2.18. The molecule has 6 nitrogen and oxygen atoms in total. The lowest BCUT2D eigenvalue weighted by atomic mass is 10.3. The van der Waals surface area contributed by atoms with E-state index in [1.165, 1.54) is 12.4 Å². The third kappa shape index (κ3) is 4.19. The Morgan fingerprint density at radius 3 is 1.74 bits per heavy atom. The summed E-state index contributed by atoms with van der Waals surface area (Å²) in [6.45, 7) is -0.316. The first kappa shape index (κ1) is 12.7. The minimum atomic E-state index is -0.316. The van der Waals surface area contributed by atoms with E-state index in [2.05, 4.69) is 9.97 Å². The normalized spacial score (nSPS) is 12.4. The molecule has 0 aromatic carbocycles. The summed E-state index contributed by atoms with van der Waals surface area (Å²) >= 11 is 0. The fraction of sp³-hybridized carbons (Fsp3) is 0.0769. The van der Waals surface area contributed by atoms with Crippen molar-refractivity contribution in [1.82, 2.24) is 9.97 Å². The highest BCUT2D eigenvalue weighted by Gasteiger charge is 2.01. The smallest absolute Gasteiger partial charge is 0.353 e. The molecule has 0 saturated carbocycles. The van der Waals surface area contributed by atoms with E-state index in [-0.39, 0.29) is 6.67 Å². The van der Waals surface area contributed by atoms with Crippen LogP contribution < -0.4 is 0 Å². The molecule has 0 aliphatic heterocycles. The van der Waals surface area contributed by atoms with Crippen molar-refractivity contribution < 1.29 is 9.48 Å². The van der Waals surface area contributed by atoms with Crippen molar-refractivity contribution in [2.24, 2.45) is 0 Å². The number of aromatic nitrogens is 2. The van der Waals surface area contributed by atoms with Gasteiger partial charge in [0.1, 0.15) is 0 Å². The summed E-state index contributed by atoms with van der Waals surface area (Å²) in [6.07, 6.45) is 8.95. The molecule has 19 heavy (non-hydrogen) atoms. The third-order valence-corrected chi connectivity index (χ3v) is 2.23. The van der Waals surface area contributed by atoms with Gasteiger partial charge in [-0.2, -0.15) is 0 Å². The van der Waals surface area contributed by atoms with Crippen LogP contribution in [0.2, 0.25) is 0 Å². The van der Waals surface area contributed by atoms with Gasteiger partial charge in [0.15, 0.2) is 12.4 Å². The molecule has 0 N–H and O–H groups in total. The van der Waals surface area contributed by atoms with E-state index in [0.29, 0.717) is 20.6 Å². The zero-order valence-electron chi connectivity index (χ0n) is 10.1. The van der Waals surface area contributed by atoms with Crippen LogP contribution in [0.15, 0.2) is 49.1 Å². The summed E-state index contributed by atoms with van der Waals surface area (Å²) in [6, 6.07) is 6.91. The molecule has 0 radical (unpaired) electrons. The molecule has 2 aromatic rings. The van der Waals surface area contributed by atoms with Crippen molar-refractivity contribution in [3.8, 4) is 0 Å². The largest absolute Gasteiger partial charge is 0.619 e. The van der Waals surface area contributed by atoms with E-state index in [9.17, 15) is 10.4 Å². The maximum Gasteiger partial charge on any atom is 0.353 e. The standard InChI is InChI=1S/C13H12N4O2/c18-16(9-12-3-1-5-14-7-12)11-17(19)10-13-4-2-6-15-8-13/h1-10H,11H2/b16-9-,17-10-. The highest BCUT2D eigenvalue weighted by atomic mass is 16.5. The summed E-state index contributed by atoms with van der Waals surface area (Å²) in [7, 11) is 0. The first-order valence-corrected chi connectivity index (χ1v) is 5.61. The van der Waals surface area contributed by atoms with Crippen LogP contribution in [0.3, 0.4) is 0 Å². The molecule has 6 heteroatoms. The van der Waals surface area contributed by atoms with Crippen LogP contribution in [-0.2, 0) is 0 Å². The molecular formula is C13H12N4O2. The van der Waals surface area contributed by atoms with E-state index in [1.807, 2.05) is 0 Å². The van der Waals surface area contributed by atoms with Crippen LogP contribution in [0.25, 0.3) is 0 Å². The molecule has 96 valence electrons. The van der Waals surface area contributed by atoms with Gasteiger partial charge in [-0.25, -0.2) is 0 Å². The summed E-state index contributed by atoms with van der Waals surface area (Å²) in [4.78, 5) is 7.76. The second kappa shape index (κ2) is 6.25. The monoisotopic (exact) mass is 256 g/mol. The van der Waals surface area contributed by atoms with Gasteiger partial charge in [-0.05, 0) is 24.3 Å². The zero-order chi connectivity index (χ0) is 13.5. The van der Waals surface area contributed by atoms with Gasteiger partial charge >= 0.3 is 6.67 Å². The van der Waals surface area contributed by atoms with E-state index in [0.717, 1.165) is 0 Å². The van der Waals surface area contributed by atoms with Gasteiger partial charge in [0.25, 0.3) is 0 Å². The van der Waals surface area contributed by atoms with Crippen molar-refractivity contribution in [3.63, 3.8) is 0 Å². The van der Waals surface area contributed by atoms with E-state index in [1.54, 1.807) is 49.1 Å². The molecule has 0 atom stereocenters. The third-order valence-electron chi connectivity index (χ3n) is 2.23. The molecule has 0 unspecified atom stereocenters. The van der Waals surface area contributed by atoms with Gasteiger partial charge in [0.05, 0.1) is 11.1 Å². The fourth-order valence-electron chi connectivity index (χ4n) is 1.46. The predicted octanol–water partition coefficient (Wildman–Crippen LogP) is 0.993. The summed E-state index contributed by atoms with van der Waals surface area (Å²) in [5, 5.41) is 23.1. The molecule has 2 rings (SSSR count). The molecule has 2 heterocycles. The maximum atomic E-state index is 11.6. The van der Waals surface area contributed by atoms with Gasteiger partial charge in [0.2, 0.25) is 0 Å². The molecule has 0 aliphatic rings. The van der Waals surface area contributed by atoms with E-state index in [4.69, 9.17) is 0 Å². The Morgan fingerprint density at radius 2 is 1.37 bits per heavy atom. The van der Waals surface area contributed by atoms with Crippen molar-refractivity contribution in [2.75, 3.05) is 6.67 Å². The highest BCUT2D eigenvalue weighted by molar-refractivity contribution is 5.75. The number of nitrogens with zero attached hydrogens (tertiary/aromatic N) is 4. The fourth-order valence-corrected chi connectivity index (χ4v) is 1.46. The average Bonchev–Trinajstić information content (AvgIpc) is 2.40. The Morgan fingerprint density at radius 1 is 0.895 bits per heavy atom. The second-order valence-electron chi connectivity index (χ2n) is 3.81. The summed E-state index contributed by atoms with van der Waals surface area (Å²) < 4.78 is 1.10. The molecule has 0 bridgehead atoms. The SMILES string of the molecule is [O-]/[N+](=C\c1cccnc1)C/[N+]([O-])=C/c1cccnc1. The Bertz CT molecular complexity index is 529. The summed E-state index contributed by atoms with van der Waals surface area (Å²) in [5.74, 6) is 0. The molecule has 2 aromatic heterocycles. The average molecular weight is 256 g/mol. The summed E-state index contributed by atoms with van der Waals surface area (Å²) in [5.41, 5.74) is 1.29. The van der Waals surface area contributed by atoms with Gasteiger partial charge < -0.3 is 10.4 Å². The Kier molecular flexibility index (Phi) is 4.17. The quantitative estimate of drug-likeness (QED) is 0.269. The van der Waals surface area contributed by atoms with Gasteiger partial charge in [-0.3, -0.25) is 9.97 Å². The van der Waals surface area contributed by atoms with Crippen molar-refractivity contribution in [1.29, 1.82) is 0 Å². The predicted molar refractivity (Wildman–Crippen MR) is 70.9 cm³/mol. The van der Waals surface area contributed by atoms with E-state index >= 15 is 0 Å². The highest BCUT2D eigenvalue weighted by Crippen LogP contribution is 1.92. The number of hydrogen-bond acceptors (Lipinski definition) is 4. The van der Waals surface area contributed by atoms with E-state index < -0.39 is 0 Å². The molecule has 0 saturated heterocycles. The van der Waals surface area contributed by atoms with Crippen molar-refractivity contribution >= 4 is 12.4 Å². The molecule has 0 amide bonds. The van der Waals surface area contributed by atoms with Crippen LogP contribution in [0, 0.1) is 10.4 Å². The first-order valence-electron chi connectivity index (χ1n) is 5.61. The number of pyridine rings is 2. The first-order chi connectivity index (χ1) is 9.24. The lowest BCUT2D eigenvalue weighted by Gasteiger charge is -2.04. The minimum absolute atomic E-state index is 0.316. The van der Waals surface area contributed by atoms with Gasteiger partial charge in [0, 0.05) is 24.8 Å². The Hall–Kier alpha value is -2.76. The van der Waals surface area contributed by atoms with Crippen LogP contribution >= 0.6 is 0 Å². The molecule has 0 aliphatic carbocycles. The van der Waals surface area contributed by atoms with Crippen LogP contribution in [0.1, 0.15) is 11.1 Å². The van der Waals surface area contributed by atoms with Crippen LogP contribution in [0.4, 0.5) is 0 Å². The second-order valence-corrected chi connectivity index (χ2v) is 3.81. The molecule has 0 spiro atoms.